The van der Waals surface area contributed by atoms with Crippen molar-refractivity contribution in [1.29, 1.82) is 0 Å². The minimum absolute atomic E-state index is 0.0964. The highest BCUT2D eigenvalue weighted by atomic mass is 35.5. The topological polar surface area (TPSA) is 46.9 Å². The second kappa shape index (κ2) is 6.74. The molecule has 0 saturated carbocycles. The standard InChI is InChI=1S/C13H14ClN3O/c1-4-7-10(6-3)16-12-11(14)9-15-17(8-5-2)13(12)18/h2-3,9-10,16H,4,7-8H2,1H3. The lowest BCUT2D eigenvalue weighted by molar-refractivity contribution is 0.661. The molecule has 1 rings (SSSR count). The fourth-order valence-electron chi connectivity index (χ4n) is 1.46. The molecule has 0 spiro atoms. The number of terminal acetylenes is 2. The molecular weight excluding hydrogens is 250 g/mol. The van der Waals surface area contributed by atoms with Crippen LogP contribution in [0.5, 0.6) is 0 Å². The first kappa shape index (κ1) is 14.2. The van der Waals surface area contributed by atoms with Crippen LogP contribution in [-0.4, -0.2) is 15.8 Å². The summed E-state index contributed by atoms with van der Waals surface area (Å²) in [5.41, 5.74) is -0.116. The van der Waals surface area contributed by atoms with Crippen molar-refractivity contribution in [2.75, 3.05) is 5.32 Å². The summed E-state index contributed by atoms with van der Waals surface area (Å²) in [6.07, 6.45) is 13.6. The molecule has 0 aliphatic rings. The smallest absolute Gasteiger partial charge is 0.292 e. The molecular formula is C13H14ClN3O. The van der Waals surface area contributed by atoms with Crippen molar-refractivity contribution >= 4 is 17.3 Å². The van der Waals surface area contributed by atoms with E-state index in [1.165, 1.54) is 6.20 Å². The van der Waals surface area contributed by atoms with Gasteiger partial charge in [0.2, 0.25) is 0 Å². The second-order valence-corrected chi connectivity index (χ2v) is 4.09. The number of anilines is 1. The van der Waals surface area contributed by atoms with Gasteiger partial charge in [-0.25, -0.2) is 4.68 Å². The number of halogens is 1. The Labute approximate surface area is 111 Å². The SMILES string of the molecule is C#CCn1ncc(Cl)c(NC(C#C)CCC)c1=O. The number of nitrogens with zero attached hydrogens (tertiary/aromatic N) is 2. The van der Waals surface area contributed by atoms with E-state index in [1.54, 1.807) is 0 Å². The maximum Gasteiger partial charge on any atom is 0.292 e. The minimum Gasteiger partial charge on any atom is -0.366 e. The van der Waals surface area contributed by atoms with Gasteiger partial charge in [0.15, 0.2) is 0 Å². The van der Waals surface area contributed by atoms with E-state index in [2.05, 4.69) is 22.3 Å². The van der Waals surface area contributed by atoms with E-state index in [9.17, 15) is 4.79 Å². The van der Waals surface area contributed by atoms with Gasteiger partial charge in [0, 0.05) is 0 Å². The van der Waals surface area contributed by atoms with Gasteiger partial charge < -0.3 is 5.32 Å². The van der Waals surface area contributed by atoms with Gasteiger partial charge in [0.05, 0.1) is 17.3 Å². The van der Waals surface area contributed by atoms with E-state index in [0.717, 1.165) is 17.5 Å². The fraction of sp³-hybridized carbons (Fsp3) is 0.385. The zero-order valence-electron chi connectivity index (χ0n) is 10.1. The Balaban J connectivity index is 3.09. The molecule has 5 heteroatoms. The van der Waals surface area contributed by atoms with Crippen molar-refractivity contribution in [2.45, 2.75) is 32.4 Å². The first-order valence-electron chi connectivity index (χ1n) is 5.55. The minimum atomic E-state index is -0.364. The number of hydrogen-bond donors (Lipinski definition) is 1. The van der Waals surface area contributed by atoms with Crippen molar-refractivity contribution < 1.29 is 0 Å². The van der Waals surface area contributed by atoms with E-state index >= 15 is 0 Å². The lowest BCUT2D eigenvalue weighted by atomic mass is 10.2. The van der Waals surface area contributed by atoms with Gasteiger partial charge in [-0.05, 0) is 6.42 Å². The highest BCUT2D eigenvalue weighted by Gasteiger charge is 2.12. The molecule has 0 amide bonds. The third kappa shape index (κ3) is 3.29. The largest absolute Gasteiger partial charge is 0.366 e. The Morgan fingerprint density at radius 1 is 1.61 bits per heavy atom. The van der Waals surface area contributed by atoms with E-state index in [-0.39, 0.29) is 28.9 Å². The molecule has 1 atom stereocenters. The molecule has 1 unspecified atom stereocenters. The van der Waals surface area contributed by atoms with Crippen molar-refractivity contribution in [3.63, 3.8) is 0 Å². The maximum absolute atomic E-state index is 12.0. The average molecular weight is 264 g/mol. The van der Waals surface area contributed by atoms with Crippen molar-refractivity contribution in [2.24, 2.45) is 0 Å². The van der Waals surface area contributed by atoms with Crippen LogP contribution in [0.15, 0.2) is 11.0 Å². The lowest BCUT2D eigenvalue weighted by Gasteiger charge is -2.14. The van der Waals surface area contributed by atoms with Crippen molar-refractivity contribution in [1.82, 2.24) is 9.78 Å². The molecule has 0 aromatic carbocycles. The molecule has 1 heterocycles. The molecule has 0 saturated heterocycles. The Morgan fingerprint density at radius 2 is 2.33 bits per heavy atom. The first-order valence-corrected chi connectivity index (χ1v) is 5.93. The van der Waals surface area contributed by atoms with Crippen LogP contribution in [0, 0.1) is 24.7 Å². The van der Waals surface area contributed by atoms with Crippen LogP contribution in [0.25, 0.3) is 0 Å². The molecule has 1 aromatic heterocycles. The highest BCUT2D eigenvalue weighted by Crippen LogP contribution is 2.17. The summed E-state index contributed by atoms with van der Waals surface area (Å²) in [6, 6.07) is -0.234. The van der Waals surface area contributed by atoms with Gasteiger partial charge in [0.1, 0.15) is 12.2 Å². The molecule has 1 N–H and O–H groups in total. The molecule has 0 aliphatic heterocycles. The van der Waals surface area contributed by atoms with Crippen LogP contribution in [0.3, 0.4) is 0 Å². The van der Waals surface area contributed by atoms with E-state index in [1.807, 2.05) is 6.92 Å². The summed E-state index contributed by atoms with van der Waals surface area (Å²) in [5.74, 6) is 4.93. The molecule has 4 nitrogen and oxygen atoms in total. The van der Waals surface area contributed by atoms with Crippen LogP contribution < -0.4 is 10.9 Å². The van der Waals surface area contributed by atoms with E-state index in [4.69, 9.17) is 24.4 Å². The third-order valence-electron chi connectivity index (χ3n) is 2.34. The summed E-state index contributed by atoms with van der Waals surface area (Å²) in [5, 5.41) is 7.04. The normalized spacial score (nSPS) is 11.3. The summed E-state index contributed by atoms with van der Waals surface area (Å²) >= 11 is 5.94. The maximum atomic E-state index is 12.0. The fourth-order valence-corrected chi connectivity index (χ4v) is 1.64. The Kier molecular flexibility index (Phi) is 5.30. The van der Waals surface area contributed by atoms with Crippen LogP contribution >= 0.6 is 11.6 Å². The van der Waals surface area contributed by atoms with Crippen LogP contribution in [0.1, 0.15) is 19.8 Å². The van der Waals surface area contributed by atoms with Crippen LogP contribution in [0.4, 0.5) is 5.69 Å². The predicted molar refractivity (Wildman–Crippen MR) is 73.5 cm³/mol. The number of hydrogen-bond acceptors (Lipinski definition) is 3. The summed E-state index contributed by atoms with van der Waals surface area (Å²) < 4.78 is 1.16. The quantitative estimate of drug-likeness (QED) is 0.824. The third-order valence-corrected chi connectivity index (χ3v) is 2.62. The molecule has 18 heavy (non-hydrogen) atoms. The van der Waals surface area contributed by atoms with E-state index < -0.39 is 0 Å². The van der Waals surface area contributed by atoms with Crippen molar-refractivity contribution in [3.8, 4) is 24.7 Å². The summed E-state index contributed by atoms with van der Waals surface area (Å²) in [7, 11) is 0. The lowest BCUT2D eigenvalue weighted by Crippen LogP contribution is -2.29. The summed E-state index contributed by atoms with van der Waals surface area (Å²) in [6.45, 7) is 2.11. The van der Waals surface area contributed by atoms with E-state index in [0.29, 0.717) is 0 Å². The van der Waals surface area contributed by atoms with Gasteiger partial charge in [-0.2, -0.15) is 5.10 Å². The van der Waals surface area contributed by atoms with Crippen LogP contribution in [-0.2, 0) is 6.54 Å². The van der Waals surface area contributed by atoms with Gasteiger partial charge in [-0.15, -0.1) is 12.8 Å². The number of nitrogens with one attached hydrogen (secondary N) is 1. The highest BCUT2D eigenvalue weighted by molar-refractivity contribution is 6.33. The van der Waals surface area contributed by atoms with Crippen molar-refractivity contribution in [3.05, 3.63) is 21.6 Å². The molecule has 94 valence electrons. The Morgan fingerprint density at radius 3 is 2.89 bits per heavy atom. The molecule has 0 bridgehead atoms. The summed E-state index contributed by atoms with van der Waals surface area (Å²) in [4.78, 5) is 12.0. The first-order chi connectivity index (χ1) is 8.63. The zero-order chi connectivity index (χ0) is 13.5. The van der Waals surface area contributed by atoms with Gasteiger partial charge in [-0.3, -0.25) is 4.79 Å². The molecule has 0 radical (unpaired) electrons. The van der Waals surface area contributed by atoms with Gasteiger partial charge in [0.25, 0.3) is 5.56 Å². The van der Waals surface area contributed by atoms with Gasteiger partial charge in [-0.1, -0.05) is 36.8 Å². The zero-order valence-corrected chi connectivity index (χ0v) is 10.9. The second-order valence-electron chi connectivity index (χ2n) is 3.69. The molecule has 0 fully saturated rings. The molecule has 1 aromatic rings. The Bertz CT molecular complexity index is 551. The average Bonchev–Trinajstić information content (AvgIpc) is 2.36. The monoisotopic (exact) mass is 263 g/mol. The van der Waals surface area contributed by atoms with Gasteiger partial charge >= 0.3 is 0 Å². The predicted octanol–water partition coefficient (Wildman–Crippen LogP) is 1.74. The molecule has 0 aliphatic carbocycles. The Hall–Kier alpha value is -1.91. The number of aromatic nitrogens is 2. The number of rotatable bonds is 5. The van der Waals surface area contributed by atoms with Crippen LogP contribution in [0.2, 0.25) is 5.02 Å².